The number of nitrogens with zero attached hydrogens (tertiary/aromatic N) is 3. The fraction of sp³-hybridized carbons (Fsp3) is 0.0952. The summed E-state index contributed by atoms with van der Waals surface area (Å²) in [6.45, 7) is 0. The number of para-hydroxylation sites is 1. The molecule has 0 spiro atoms. The molecule has 0 unspecified atom stereocenters. The molecule has 0 aromatic heterocycles. The molecule has 0 amide bonds. The van der Waals surface area contributed by atoms with Crippen LogP contribution >= 0.6 is 0 Å². The third kappa shape index (κ3) is 4.93. The zero-order valence-electron chi connectivity index (χ0n) is 15.8. The normalized spacial score (nSPS) is 11.5. The number of benzene rings is 3. The minimum atomic E-state index is -4.67. The number of nitrogens with one attached hydrogen (secondary N) is 1. The Morgan fingerprint density at radius 3 is 2.23 bits per heavy atom. The quantitative estimate of drug-likeness (QED) is 0.313. The number of hydrogen-bond donors (Lipinski definition) is 1. The Bertz CT molecular complexity index is 1050. The van der Waals surface area contributed by atoms with Gasteiger partial charge in [-0.25, -0.2) is 0 Å². The van der Waals surface area contributed by atoms with Gasteiger partial charge in [0, 0.05) is 24.5 Å². The minimum absolute atomic E-state index is 0.135. The molecule has 0 saturated carbocycles. The molecular weight excluding hydrogens is 397 g/mol. The van der Waals surface area contributed by atoms with Crippen LogP contribution in [-0.4, -0.2) is 18.2 Å². The number of hydrazone groups is 1. The predicted molar refractivity (Wildman–Crippen MR) is 110 cm³/mol. The minimum Gasteiger partial charge on any atom is -0.345 e. The largest absolute Gasteiger partial charge is 0.416 e. The fourth-order valence-electron chi connectivity index (χ4n) is 2.71. The van der Waals surface area contributed by atoms with Gasteiger partial charge < -0.3 is 4.90 Å². The van der Waals surface area contributed by atoms with Crippen LogP contribution in [0.5, 0.6) is 0 Å². The van der Waals surface area contributed by atoms with Crippen LogP contribution in [0.4, 0.5) is 35.9 Å². The van der Waals surface area contributed by atoms with Crippen molar-refractivity contribution in [2.75, 3.05) is 17.4 Å². The van der Waals surface area contributed by atoms with Crippen molar-refractivity contribution in [1.29, 1.82) is 0 Å². The lowest BCUT2D eigenvalue weighted by molar-refractivity contribution is -0.384. The summed E-state index contributed by atoms with van der Waals surface area (Å²) in [4.78, 5) is 12.2. The standard InChI is InChI=1S/C21H17F3N4O2/c1-27(17-5-3-2-4-6-17)18-10-7-15(8-11-18)14-25-26-19-12-9-16(21(22,23)24)13-20(19)28(29)30/h2-14,26H,1H3. The highest BCUT2D eigenvalue weighted by Crippen LogP contribution is 2.35. The molecule has 0 radical (unpaired) electrons. The highest BCUT2D eigenvalue weighted by molar-refractivity contribution is 5.81. The van der Waals surface area contributed by atoms with Gasteiger partial charge in [0.2, 0.25) is 0 Å². The molecule has 9 heteroatoms. The molecule has 0 fully saturated rings. The molecular formula is C21H17F3N4O2. The number of halogens is 3. The number of hydrogen-bond acceptors (Lipinski definition) is 5. The smallest absolute Gasteiger partial charge is 0.345 e. The van der Waals surface area contributed by atoms with Crippen molar-refractivity contribution in [1.82, 2.24) is 0 Å². The monoisotopic (exact) mass is 414 g/mol. The maximum atomic E-state index is 12.8. The van der Waals surface area contributed by atoms with E-state index in [1.807, 2.05) is 54.4 Å². The van der Waals surface area contributed by atoms with Crippen LogP contribution in [0.25, 0.3) is 0 Å². The van der Waals surface area contributed by atoms with E-state index >= 15 is 0 Å². The molecule has 0 saturated heterocycles. The van der Waals surface area contributed by atoms with Gasteiger partial charge in [-0.2, -0.15) is 18.3 Å². The van der Waals surface area contributed by atoms with Gasteiger partial charge in [-0.05, 0) is 42.0 Å². The van der Waals surface area contributed by atoms with Crippen LogP contribution in [-0.2, 0) is 6.18 Å². The first-order valence-corrected chi connectivity index (χ1v) is 8.79. The number of anilines is 3. The number of rotatable bonds is 6. The Morgan fingerprint density at radius 2 is 1.63 bits per heavy atom. The lowest BCUT2D eigenvalue weighted by Gasteiger charge is -2.19. The highest BCUT2D eigenvalue weighted by atomic mass is 19.4. The van der Waals surface area contributed by atoms with E-state index in [1.54, 1.807) is 12.1 Å². The van der Waals surface area contributed by atoms with Crippen molar-refractivity contribution in [3.63, 3.8) is 0 Å². The molecule has 0 aliphatic rings. The van der Waals surface area contributed by atoms with Crippen LogP contribution in [0.3, 0.4) is 0 Å². The second-order valence-electron chi connectivity index (χ2n) is 6.34. The number of alkyl halides is 3. The van der Waals surface area contributed by atoms with Crippen LogP contribution in [0.15, 0.2) is 77.9 Å². The van der Waals surface area contributed by atoms with Gasteiger partial charge in [0.1, 0.15) is 5.69 Å². The van der Waals surface area contributed by atoms with Crippen molar-refractivity contribution >= 4 is 29.0 Å². The molecule has 0 aliphatic carbocycles. The lowest BCUT2D eigenvalue weighted by atomic mass is 10.1. The van der Waals surface area contributed by atoms with Crippen LogP contribution < -0.4 is 10.3 Å². The maximum absolute atomic E-state index is 12.8. The maximum Gasteiger partial charge on any atom is 0.416 e. The molecule has 0 bridgehead atoms. The number of nitro benzene ring substituents is 1. The summed E-state index contributed by atoms with van der Waals surface area (Å²) in [6.07, 6.45) is -3.24. The van der Waals surface area contributed by atoms with Gasteiger partial charge in [-0.15, -0.1) is 0 Å². The van der Waals surface area contributed by atoms with Gasteiger partial charge in [-0.1, -0.05) is 30.3 Å². The average Bonchev–Trinajstić information content (AvgIpc) is 2.73. The van der Waals surface area contributed by atoms with E-state index in [2.05, 4.69) is 10.5 Å². The SMILES string of the molecule is CN(c1ccccc1)c1ccc(C=NNc2ccc(C(F)(F)F)cc2[N+](=O)[O-])cc1. The Labute approximate surface area is 170 Å². The molecule has 30 heavy (non-hydrogen) atoms. The third-order valence-corrected chi connectivity index (χ3v) is 4.34. The second kappa shape index (κ2) is 8.64. The molecule has 154 valence electrons. The van der Waals surface area contributed by atoms with E-state index in [0.717, 1.165) is 23.5 Å². The van der Waals surface area contributed by atoms with Crippen LogP contribution in [0.1, 0.15) is 11.1 Å². The van der Waals surface area contributed by atoms with Crippen molar-refractivity contribution in [3.8, 4) is 0 Å². The van der Waals surface area contributed by atoms with Gasteiger partial charge >= 0.3 is 6.18 Å². The Morgan fingerprint density at radius 1 is 1.00 bits per heavy atom. The van der Waals surface area contributed by atoms with Gasteiger partial charge in [0.05, 0.1) is 16.7 Å². The van der Waals surface area contributed by atoms with Gasteiger partial charge in [-0.3, -0.25) is 15.5 Å². The molecule has 3 aromatic rings. The summed E-state index contributed by atoms with van der Waals surface area (Å²) in [5, 5.41) is 15.0. The van der Waals surface area contributed by atoms with E-state index in [4.69, 9.17) is 0 Å². The summed E-state index contributed by atoms with van der Waals surface area (Å²) in [5.41, 5.74) is 3.18. The van der Waals surface area contributed by atoms with Crippen molar-refractivity contribution in [3.05, 3.63) is 94.0 Å². The van der Waals surface area contributed by atoms with Crippen LogP contribution in [0, 0.1) is 10.1 Å². The van der Waals surface area contributed by atoms with E-state index in [9.17, 15) is 23.3 Å². The van der Waals surface area contributed by atoms with Gasteiger partial charge in [0.25, 0.3) is 5.69 Å². The van der Waals surface area contributed by atoms with Crippen LogP contribution in [0.2, 0.25) is 0 Å². The molecule has 3 rings (SSSR count). The zero-order valence-corrected chi connectivity index (χ0v) is 15.8. The number of nitro groups is 1. The molecule has 6 nitrogen and oxygen atoms in total. The first kappa shape index (κ1) is 20.8. The van der Waals surface area contributed by atoms with Crippen molar-refractivity contribution in [2.24, 2.45) is 5.10 Å². The van der Waals surface area contributed by atoms with Crippen molar-refractivity contribution < 1.29 is 18.1 Å². The average molecular weight is 414 g/mol. The first-order valence-electron chi connectivity index (χ1n) is 8.79. The second-order valence-corrected chi connectivity index (χ2v) is 6.34. The summed E-state index contributed by atoms with van der Waals surface area (Å²) >= 11 is 0. The summed E-state index contributed by atoms with van der Waals surface area (Å²) in [5.74, 6) is 0. The van der Waals surface area contributed by atoms with Gasteiger partial charge in [0.15, 0.2) is 0 Å². The summed E-state index contributed by atoms with van der Waals surface area (Å²) in [7, 11) is 1.93. The van der Waals surface area contributed by atoms with Crippen molar-refractivity contribution in [2.45, 2.75) is 6.18 Å². The van der Waals surface area contributed by atoms with E-state index in [0.29, 0.717) is 11.6 Å². The Balaban J connectivity index is 1.72. The lowest BCUT2D eigenvalue weighted by Crippen LogP contribution is -2.08. The fourth-order valence-corrected chi connectivity index (χ4v) is 2.71. The third-order valence-electron chi connectivity index (χ3n) is 4.34. The highest BCUT2D eigenvalue weighted by Gasteiger charge is 2.33. The summed E-state index contributed by atoms with van der Waals surface area (Å²) in [6, 6.07) is 19.4. The summed E-state index contributed by atoms with van der Waals surface area (Å²) < 4.78 is 38.3. The molecule has 0 atom stereocenters. The van der Waals surface area contributed by atoms with E-state index in [1.165, 1.54) is 6.21 Å². The predicted octanol–water partition coefficient (Wildman–Crippen LogP) is 5.83. The molecule has 0 aliphatic heterocycles. The first-order chi connectivity index (χ1) is 14.3. The molecule has 1 N–H and O–H groups in total. The van der Waals surface area contributed by atoms with E-state index < -0.39 is 22.4 Å². The Hall–Kier alpha value is -3.88. The topological polar surface area (TPSA) is 70.8 Å². The molecule has 3 aromatic carbocycles. The Kier molecular flexibility index (Phi) is 6.01. The van der Waals surface area contributed by atoms with E-state index in [-0.39, 0.29) is 5.69 Å². The zero-order chi connectivity index (χ0) is 21.7. The molecule has 0 heterocycles.